The first-order chi connectivity index (χ1) is 16.5. The van der Waals surface area contributed by atoms with Gasteiger partial charge in [0.25, 0.3) is 0 Å². The molecule has 190 valence electrons. The molecule has 0 aliphatic carbocycles. The predicted molar refractivity (Wildman–Crippen MR) is 131 cm³/mol. The zero-order chi connectivity index (χ0) is 25.8. The SMILES string of the molecule is C[C@@H]1CCC[N+]1(C(N)=O)C(=O)Cc1cccc(CC(C)(C)NCC(O)c2ccc(O)c(CO)n2)c1. The van der Waals surface area contributed by atoms with Gasteiger partial charge in [-0.3, -0.25) is 0 Å². The van der Waals surface area contributed by atoms with Crippen LogP contribution in [0.2, 0.25) is 0 Å². The number of β-amino-alcohol motifs (C(OH)–C–C–N with tert-alkyl or cyclic N) is 1. The quantitative estimate of drug-likeness (QED) is 0.342. The van der Waals surface area contributed by atoms with Crippen LogP contribution in [-0.2, 0) is 24.2 Å². The number of primary amides is 1. The summed E-state index contributed by atoms with van der Waals surface area (Å²) in [4.78, 5) is 29.5. The number of carbonyl (C=O) groups is 2. The number of amides is 3. The second-order valence-corrected chi connectivity index (χ2v) is 10.1. The van der Waals surface area contributed by atoms with Gasteiger partial charge in [0.05, 0.1) is 25.3 Å². The minimum Gasteiger partial charge on any atom is -0.506 e. The maximum Gasteiger partial charge on any atom is 0.421 e. The van der Waals surface area contributed by atoms with Crippen molar-refractivity contribution < 1.29 is 29.4 Å². The molecule has 2 aromatic rings. The summed E-state index contributed by atoms with van der Waals surface area (Å²) in [6, 6.07) is 10.0. The van der Waals surface area contributed by atoms with E-state index in [1.165, 1.54) is 12.1 Å². The summed E-state index contributed by atoms with van der Waals surface area (Å²) < 4.78 is -0.279. The number of aliphatic hydroxyl groups excluding tert-OH is 2. The van der Waals surface area contributed by atoms with E-state index in [1.807, 2.05) is 45.0 Å². The minimum absolute atomic E-state index is 0.103. The molecule has 1 aromatic carbocycles. The lowest BCUT2D eigenvalue weighted by Gasteiger charge is -2.31. The summed E-state index contributed by atoms with van der Waals surface area (Å²) in [7, 11) is 0. The second-order valence-electron chi connectivity index (χ2n) is 10.1. The molecule has 2 heterocycles. The number of pyridine rings is 1. The number of aromatic hydroxyl groups is 1. The van der Waals surface area contributed by atoms with E-state index < -0.39 is 18.7 Å². The van der Waals surface area contributed by atoms with Crippen molar-refractivity contribution in [2.24, 2.45) is 5.73 Å². The zero-order valence-corrected chi connectivity index (χ0v) is 20.7. The molecule has 0 bridgehead atoms. The molecule has 1 aliphatic rings. The number of rotatable bonds is 9. The maximum absolute atomic E-state index is 13.2. The lowest BCUT2D eigenvalue weighted by molar-refractivity contribution is -0.783. The smallest absolute Gasteiger partial charge is 0.421 e. The molecule has 3 amide bonds. The van der Waals surface area contributed by atoms with Crippen molar-refractivity contribution in [2.75, 3.05) is 13.1 Å². The maximum atomic E-state index is 13.2. The van der Waals surface area contributed by atoms with E-state index in [0.29, 0.717) is 18.7 Å². The van der Waals surface area contributed by atoms with Crippen LogP contribution >= 0.6 is 0 Å². The van der Waals surface area contributed by atoms with Crippen molar-refractivity contribution in [3.63, 3.8) is 0 Å². The van der Waals surface area contributed by atoms with E-state index in [4.69, 9.17) is 5.73 Å². The number of benzene rings is 1. The molecule has 0 radical (unpaired) electrons. The Morgan fingerprint density at radius 3 is 2.60 bits per heavy atom. The zero-order valence-electron chi connectivity index (χ0n) is 20.7. The van der Waals surface area contributed by atoms with Crippen LogP contribution in [0.3, 0.4) is 0 Å². The van der Waals surface area contributed by atoms with E-state index >= 15 is 0 Å². The molecule has 1 aromatic heterocycles. The van der Waals surface area contributed by atoms with Crippen LogP contribution in [0.15, 0.2) is 36.4 Å². The van der Waals surface area contributed by atoms with Crippen molar-refractivity contribution in [3.8, 4) is 5.75 Å². The van der Waals surface area contributed by atoms with Crippen molar-refractivity contribution >= 4 is 11.9 Å². The molecule has 1 saturated heterocycles. The van der Waals surface area contributed by atoms with Gasteiger partial charge in [0.1, 0.15) is 23.6 Å². The number of aromatic nitrogens is 1. The molecule has 1 aliphatic heterocycles. The van der Waals surface area contributed by atoms with E-state index in [-0.39, 0.29) is 46.4 Å². The number of aliphatic hydroxyl groups is 2. The highest BCUT2D eigenvalue weighted by molar-refractivity contribution is 5.84. The van der Waals surface area contributed by atoms with Crippen molar-refractivity contribution in [3.05, 3.63) is 58.9 Å². The normalized spacial score (nSPS) is 21.1. The molecule has 3 rings (SSSR count). The number of urea groups is 1. The average molecular weight is 486 g/mol. The standard InChI is InChI=1S/C26H36N4O5/c1-17-6-5-11-30(17,25(27)35)24(34)13-18-7-4-8-19(12-18)14-26(2,3)28-15-23(33)20-9-10-22(32)21(16-31)29-20/h4,7-10,12,17,23,28,31,33H,5-6,11,13-16H2,1-3H3,(H2-,27,32,35)/p+1/t17-,23?,30?/m1/s1. The molecule has 0 saturated carbocycles. The Morgan fingerprint density at radius 1 is 1.26 bits per heavy atom. The predicted octanol–water partition coefficient (Wildman–Crippen LogP) is 2.07. The highest BCUT2D eigenvalue weighted by Gasteiger charge is 2.50. The first-order valence-electron chi connectivity index (χ1n) is 12.0. The van der Waals surface area contributed by atoms with E-state index in [0.717, 1.165) is 24.0 Å². The highest BCUT2D eigenvalue weighted by Crippen LogP contribution is 2.29. The molecule has 0 spiro atoms. The van der Waals surface area contributed by atoms with E-state index in [1.54, 1.807) is 0 Å². The number of hydrogen-bond acceptors (Lipinski definition) is 7. The van der Waals surface area contributed by atoms with Crippen LogP contribution in [-0.4, -0.2) is 61.4 Å². The van der Waals surface area contributed by atoms with Crippen LogP contribution in [0.25, 0.3) is 0 Å². The van der Waals surface area contributed by atoms with Crippen LogP contribution in [0.1, 0.15) is 62.2 Å². The monoisotopic (exact) mass is 485 g/mol. The van der Waals surface area contributed by atoms with Gasteiger partial charge in [0, 0.05) is 24.9 Å². The fraction of sp³-hybridized carbons (Fsp3) is 0.500. The molecule has 2 unspecified atom stereocenters. The summed E-state index contributed by atoms with van der Waals surface area (Å²) in [6.07, 6.45) is 1.48. The Kier molecular flexibility index (Phi) is 8.27. The van der Waals surface area contributed by atoms with Gasteiger partial charge >= 0.3 is 11.9 Å². The average Bonchev–Trinajstić information content (AvgIpc) is 3.20. The van der Waals surface area contributed by atoms with Gasteiger partial charge in [-0.15, -0.1) is 0 Å². The Balaban J connectivity index is 1.64. The number of nitrogens with zero attached hydrogens (tertiary/aromatic N) is 2. The summed E-state index contributed by atoms with van der Waals surface area (Å²) in [5, 5.41) is 32.8. The summed E-state index contributed by atoms with van der Waals surface area (Å²) >= 11 is 0. The molecule has 6 N–H and O–H groups in total. The van der Waals surface area contributed by atoms with Gasteiger partial charge in [-0.25, -0.2) is 14.6 Å². The molecular formula is C26H37N4O5+. The lowest BCUT2D eigenvalue weighted by atomic mass is 9.93. The summed E-state index contributed by atoms with van der Waals surface area (Å²) in [5.41, 5.74) is 7.63. The lowest BCUT2D eigenvalue weighted by Crippen LogP contribution is -2.61. The number of hydrogen-bond donors (Lipinski definition) is 5. The Labute approximate surface area is 206 Å². The van der Waals surface area contributed by atoms with E-state index in [2.05, 4.69) is 10.3 Å². The van der Waals surface area contributed by atoms with Gasteiger partial charge in [-0.1, -0.05) is 24.3 Å². The molecule has 9 heteroatoms. The third-order valence-electron chi connectivity index (χ3n) is 6.95. The number of imide groups is 1. The first kappa shape index (κ1) is 26.7. The Morgan fingerprint density at radius 2 is 1.97 bits per heavy atom. The molecule has 9 nitrogen and oxygen atoms in total. The van der Waals surface area contributed by atoms with Crippen LogP contribution in [0.4, 0.5) is 4.79 Å². The summed E-state index contributed by atoms with van der Waals surface area (Å²) in [5.74, 6) is -0.276. The molecular weight excluding hydrogens is 448 g/mol. The van der Waals surface area contributed by atoms with E-state index in [9.17, 15) is 24.9 Å². The molecule has 3 atom stereocenters. The summed E-state index contributed by atoms with van der Waals surface area (Å²) in [6.45, 7) is 6.21. The Hall–Kier alpha value is -2.85. The van der Waals surface area contributed by atoms with Gasteiger partial charge in [0.2, 0.25) is 0 Å². The number of carbonyl (C=O) groups excluding carboxylic acids is 2. The topological polar surface area (TPSA) is 146 Å². The van der Waals surface area contributed by atoms with Crippen molar-refractivity contribution in [1.82, 2.24) is 10.3 Å². The van der Waals surface area contributed by atoms with Crippen LogP contribution in [0.5, 0.6) is 5.75 Å². The first-order valence-corrected chi connectivity index (χ1v) is 12.0. The van der Waals surface area contributed by atoms with Gasteiger partial charge in [-0.2, -0.15) is 4.48 Å². The third kappa shape index (κ3) is 6.05. The minimum atomic E-state index is -0.916. The fourth-order valence-corrected chi connectivity index (χ4v) is 4.93. The van der Waals surface area contributed by atoms with Crippen LogP contribution in [0, 0.1) is 0 Å². The number of nitrogens with two attached hydrogens (primary N) is 1. The third-order valence-corrected chi connectivity index (χ3v) is 6.95. The Bertz CT molecular complexity index is 1070. The van der Waals surface area contributed by atoms with Gasteiger partial charge in [-0.05, 0) is 50.5 Å². The van der Waals surface area contributed by atoms with Crippen molar-refractivity contribution in [1.29, 1.82) is 0 Å². The van der Waals surface area contributed by atoms with Crippen molar-refractivity contribution in [2.45, 2.75) is 70.7 Å². The molecule has 1 fully saturated rings. The number of quaternary nitrogens is 1. The second kappa shape index (κ2) is 10.8. The van der Waals surface area contributed by atoms with Crippen LogP contribution < -0.4 is 11.1 Å². The molecule has 35 heavy (non-hydrogen) atoms. The van der Waals surface area contributed by atoms with Gasteiger partial charge in [0.15, 0.2) is 0 Å². The number of likely N-dealkylation sites (tertiary alicyclic amines) is 1. The van der Waals surface area contributed by atoms with Gasteiger partial charge < -0.3 is 26.4 Å². The largest absolute Gasteiger partial charge is 0.506 e. The fourth-order valence-electron chi connectivity index (χ4n) is 4.93. The number of nitrogens with one attached hydrogen (secondary N) is 1. The highest BCUT2D eigenvalue weighted by atomic mass is 16.3.